The van der Waals surface area contributed by atoms with Gasteiger partial charge in [-0.3, -0.25) is 4.79 Å². The van der Waals surface area contributed by atoms with Crippen molar-refractivity contribution >= 4 is 23.1 Å². The molecule has 2 heterocycles. The SMILES string of the molecule is N#Cc1cccc(NC(=O)c2ccnc(Nc3ccc4c(c3)OCO4)c2)c1. The van der Waals surface area contributed by atoms with Crippen LogP contribution in [0.25, 0.3) is 0 Å². The van der Waals surface area contributed by atoms with Gasteiger partial charge in [0.05, 0.1) is 11.6 Å². The first-order chi connectivity index (χ1) is 13.2. The number of benzene rings is 2. The lowest BCUT2D eigenvalue weighted by Crippen LogP contribution is -2.12. The fourth-order valence-electron chi connectivity index (χ4n) is 2.63. The highest BCUT2D eigenvalue weighted by molar-refractivity contribution is 6.04. The number of aromatic nitrogens is 1. The average molecular weight is 358 g/mol. The van der Waals surface area contributed by atoms with Crippen LogP contribution >= 0.6 is 0 Å². The molecular formula is C20H14N4O3. The van der Waals surface area contributed by atoms with E-state index in [0.717, 1.165) is 5.69 Å². The second kappa shape index (κ2) is 7.06. The first kappa shape index (κ1) is 16.4. The third kappa shape index (κ3) is 3.65. The molecule has 0 saturated heterocycles. The molecule has 7 heteroatoms. The van der Waals surface area contributed by atoms with Crippen LogP contribution in [0.5, 0.6) is 11.5 Å². The number of anilines is 3. The highest BCUT2D eigenvalue weighted by Gasteiger charge is 2.14. The Morgan fingerprint density at radius 1 is 1.04 bits per heavy atom. The highest BCUT2D eigenvalue weighted by Crippen LogP contribution is 2.34. The lowest BCUT2D eigenvalue weighted by molar-refractivity contribution is 0.102. The second-order valence-corrected chi connectivity index (χ2v) is 5.77. The monoisotopic (exact) mass is 358 g/mol. The Kier molecular flexibility index (Phi) is 4.29. The van der Waals surface area contributed by atoms with E-state index in [2.05, 4.69) is 15.6 Å². The third-order valence-corrected chi connectivity index (χ3v) is 3.92. The number of carbonyl (C=O) groups is 1. The van der Waals surface area contributed by atoms with Crippen LogP contribution in [0.3, 0.4) is 0 Å². The Labute approximate surface area is 155 Å². The molecule has 0 saturated carbocycles. The Morgan fingerprint density at radius 3 is 2.81 bits per heavy atom. The molecule has 2 aromatic carbocycles. The number of fused-ring (bicyclic) bond motifs is 1. The fourth-order valence-corrected chi connectivity index (χ4v) is 2.63. The van der Waals surface area contributed by atoms with Crippen molar-refractivity contribution in [3.63, 3.8) is 0 Å². The zero-order valence-electron chi connectivity index (χ0n) is 14.1. The van der Waals surface area contributed by atoms with Crippen molar-refractivity contribution in [2.75, 3.05) is 17.4 Å². The number of nitriles is 1. The van der Waals surface area contributed by atoms with Crippen molar-refractivity contribution in [2.45, 2.75) is 0 Å². The van der Waals surface area contributed by atoms with Crippen LogP contribution < -0.4 is 20.1 Å². The highest BCUT2D eigenvalue weighted by atomic mass is 16.7. The van der Waals surface area contributed by atoms with Gasteiger partial charge in [-0.1, -0.05) is 6.07 Å². The lowest BCUT2D eigenvalue weighted by Gasteiger charge is -2.09. The summed E-state index contributed by atoms with van der Waals surface area (Å²) < 4.78 is 10.6. The summed E-state index contributed by atoms with van der Waals surface area (Å²) in [4.78, 5) is 16.7. The summed E-state index contributed by atoms with van der Waals surface area (Å²) in [5.74, 6) is 1.58. The minimum atomic E-state index is -0.291. The molecule has 0 fully saturated rings. The minimum absolute atomic E-state index is 0.208. The van der Waals surface area contributed by atoms with Gasteiger partial charge in [0, 0.05) is 29.2 Å². The van der Waals surface area contributed by atoms with Crippen LogP contribution in [0.15, 0.2) is 60.8 Å². The van der Waals surface area contributed by atoms with E-state index in [9.17, 15) is 4.79 Å². The Hall–Kier alpha value is -4.05. The molecule has 27 heavy (non-hydrogen) atoms. The number of hydrogen-bond donors (Lipinski definition) is 2. The number of rotatable bonds is 4. The van der Waals surface area contributed by atoms with E-state index >= 15 is 0 Å². The van der Waals surface area contributed by atoms with Gasteiger partial charge < -0.3 is 20.1 Å². The van der Waals surface area contributed by atoms with E-state index in [1.807, 2.05) is 24.3 Å². The van der Waals surface area contributed by atoms with E-state index in [1.165, 1.54) is 0 Å². The first-order valence-electron chi connectivity index (χ1n) is 8.15. The van der Waals surface area contributed by atoms with Crippen LogP contribution in [0, 0.1) is 11.3 Å². The smallest absolute Gasteiger partial charge is 0.255 e. The van der Waals surface area contributed by atoms with Gasteiger partial charge >= 0.3 is 0 Å². The number of nitrogens with zero attached hydrogens (tertiary/aromatic N) is 2. The molecule has 2 N–H and O–H groups in total. The van der Waals surface area contributed by atoms with Crippen molar-refractivity contribution in [1.82, 2.24) is 4.98 Å². The van der Waals surface area contributed by atoms with Gasteiger partial charge in [-0.15, -0.1) is 0 Å². The van der Waals surface area contributed by atoms with Gasteiger partial charge in [-0.25, -0.2) is 4.98 Å². The van der Waals surface area contributed by atoms with Gasteiger partial charge in [0.25, 0.3) is 5.91 Å². The number of pyridine rings is 1. The molecular weight excluding hydrogens is 344 g/mol. The van der Waals surface area contributed by atoms with Gasteiger partial charge in [0.2, 0.25) is 6.79 Å². The summed E-state index contributed by atoms with van der Waals surface area (Å²) in [6.07, 6.45) is 1.55. The quantitative estimate of drug-likeness (QED) is 0.738. The van der Waals surface area contributed by atoms with Crippen molar-refractivity contribution in [3.05, 3.63) is 71.9 Å². The summed E-state index contributed by atoms with van der Waals surface area (Å²) in [6.45, 7) is 0.208. The fraction of sp³-hybridized carbons (Fsp3) is 0.0500. The Balaban J connectivity index is 1.50. The van der Waals surface area contributed by atoms with E-state index in [4.69, 9.17) is 14.7 Å². The summed E-state index contributed by atoms with van der Waals surface area (Å²) in [6, 6.07) is 17.5. The predicted molar refractivity (Wildman–Crippen MR) is 99.2 cm³/mol. The van der Waals surface area contributed by atoms with E-state index in [1.54, 1.807) is 42.6 Å². The Bertz CT molecular complexity index is 1060. The molecule has 3 aromatic rings. The molecule has 1 aliphatic heterocycles. The predicted octanol–water partition coefficient (Wildman–Crippen LogP) is 3.68. The molecule has 7 nitrogen and oxygen atoms in total. The number of carbonyl (C=O) groups excluding carboxylic acids is 1. The molecule has 132 valence electrons. The maximum absolute atomic E-state index is 12.5. The Morgan fingerprint density at radius 2 is 1.93 bits per heavy atom. The van der Waals surface area contributed by atoms with E-state index < -0.39 is 0 Å². The molecule has 0 atom stereocenters. The largest absolute Gasteiger partial charge is 0.454 e. The molecule has 1 aliphatic rings. The molecule has 0 unspecified atom stereocenters. The van der Waals surface area contributed by atoms with Crippen LogP contribution in [0.2, 0.25) is 0 Å². The number of amides is 1. The lowest BCUT2D eigenvalue weighted by atomic mass is 10.2. The number of ether oxygens (including phenoxy) is 2. The molecule has 0 spiro atoms. The van der Waals surface area contributed by atoms with Crippen molar-refractivity contribution in [3.8, 4) is 17.6 Å². The normalized spacial score (nSPS) is 11.5. The van der Waals surface area contributed by atoms with Crippen LogP contribution in [-0.2, 0) is 0 Å². The number of nitrogens with one attached hydrogen (secondary N) is 2. The maximum atomic E-state index is 12.5. The summed E-state index contributed by atoms with van der Waals surface area (Å²) in [5, 5.41) is 14.9. The molecule has 4 rings (SSSR count). The van der Waals surface area contributed by atoms with E-state index in [-0.39, 0.29) is 12.7 Å². The van der Waals surface area contributed by atoms with Gasteiger partial charge in [0.15, 0.2) is 11.5 Å². The van der Waals surface area contributed by atoms with Crippen LogP contribution in [0.1, 0.15) is 15.9 Å². The summed E-state index contributed by atoms with van der Waals surface area (Å²) >= 11 is 0. The van der Waals surface area contributed by atoms with Crippen LogP contribution in [0.4, 0.5) is 17.2 Å². The zero-order chi connectivity index (χ0) is 18.6. The zero-order valence-corrected chi connectivity index (χ0v) is 14.1. The molecule has 0 radical (unpaired) electrons. The molecule has 0 aliphatic carbocycles. The maximum Gasteiger partial charge on any atom is 0.255 e. The minimum Gasteiger partial charge on any atom is -0.454 e. The van der Waals surface area contributed by atoms with Crippen molar-refractivity contribution in [2.24, 2.45) is 0 Å². The topological polar surface area (TPSA) is 96.3 Å². The summed E-state index contributed by atoms with van der Waals surface area (Å²) in [7, 11) is 0. The molecule has 1 amide bonds. The van der Waals surface area contributed by atoms with Gasteiger partial charge in [-0.2, -0.15) is 5.26 Å². The summed E-state index contributed by atoms with van der Waals surface area (Å²) in [5.41, 5.74) is 2.25. The molecule has 1 aromatic heterocycles. The van der Waals surface area contributed by atoms with Crippen molar-refractivity contribution < 1.29 is 14.3 Å². The molecule has 0 bridgehead atoms. The van der Waals surface area contributed by atoms with Gasteiger partial charge in [0.1, 0.15) is 5.82 Å². The first-order valence-corrected chi connectivity index (χ1v) is 8.15. The van der Waals surface area contributed by atoms with E-state index in [0.29, 0.717) is 34.1 Å². The standard InChI is InChI=1S/C20H14N4O3/c21-11-13-2-1-3-15(8-13)24-20(25)14-6-7-22-19(9-14)23-16-4-5-17-18(10-16)27-12-26-17/h1-10H,12H2,(H,22,23)(H,24,25). The van der Waals surface area contributed by atoms with Gasteiger partial charge in [-0.05, 0) is 42.5 Å². The van der Waals surface area contributed by atoms with Crippen molar-refractivity contribution in [1.29, 1.82) is 5.26 Å². The third-order valence-electron chi connectivity index (χ3n) is 3.92. The average Bonchev–Trinajstić information content (AvgIpc) is 3.16. The second-order valence-electron chi connectivity index (χ2n) is 5.77. The number of hydrogen-bond acceptors (Lipinski definition) is 6. The van der Waals surface area contributed by atoms with Crippen LogP contribution in [-0.4, -0.2) is 17.7 Å².